The van der Waals surface area contributed by atoms with Gasteiger partial charge in [0.1, 0.15) is 5.82 Å². The first-order chi connectivity index (χ1) is 14.3. The number of aromatic nitrogens is 3. The zero-order valence-electron chi connectivity index (χ0n) is 17.4. The van der Waals surface area contributed by atoms with E-state index in [1.165, 1.54) is 0 Å². The van der Waals surface area contributed by atoms with Crippen molar-refractivity contribution in [2.24, 2.45) is 11.5 Å². The van der Waals surface area contributed by atoms with Crippen LogP contribution in [0.5, 0.6) is 0 Å². The number of nitrogens with two attached hydrogens (primary N) is 2. The molecule has 1 aromatic carbocycles. The maximum absolute atomic E-state index is 14.7. The van der Waals surface area contributed by atoms with Crippen molar-refractivity contribution in [3.63, 3.8) is 0 Å². The molecule has 0 saturated heterocycles. The van der Waals surface area contributed by atoms with Crippen molar-refractivity contribution in [3.05, 3.63) is 41.8 Å². The van der Waals surface area contributed by atoms with E-state index in [0.29, 0.717) is 5.69 Å². The number of primary amides is 1. The van der Waals surface area contributed by atoms with E-state index in [-0.39, 0.29) is 29.3 Å². The Morgan fingerprint density at radius 2 is 2.07 bits per heavy atom. The molecule has 2 aromatic heterocycles. The number of nitrogens with one attached hydrogen (secondary N) is 2. The second-order valence-corrected chi connectivity index (χ2v) is 7.30. The van der Waals surface area contributed by atoms with E-state index < -0.39 is 11.7 Å². The molecule has 0 unspecified atom stereocenters. The monoisotopic (exact) mass is 413 g/mol. The summed E-state index contributed by atoms with van der Waals surface area (Å²) in [5.41, 5.74) is 13.1. The van der Waals surface area contributed by atoms with Crippen molar-refractivity contribution < 1.29 is 9.18 Å². The highest BCUT2D eigenvalue weighted by molar-refractivity contribution is 6.00. The number of halogens is 1. The number of hydrogen-bond acceptors (Lipinski definition) is 6. The quantitative estimate of drug-likeness (QED) is 0.426. The minimum Gasteiger partial charge on any atom is -0.365 e. The summed E-state index contributed by atoms with van der Waals surface area (Å²) >= 11 is 0. The molecule has 0 aliphatic carbocycles. The summed E-state index contributed by atoms with van der Waals surface area (Å²) in [6.07, 6.45) is 3.38. The van der Waals surface area contributed by atoms with Gasteiger partial charge in [-0.3, -0.25) is 9.48 Å². The van der Waals surface area contributed by atoms with Gasteiger partial charge in [-0.1, -0.05) is 19.4 Å². The Morgan fingerprint density at radius 1 is 1.30 bits per heavy atom. The lowest BCUT2D eigenvalue weighted by molar-refractivity contribution is 0.100. The Labute approximate surface area is 174 Å². The molecule has 30 heavy (non-hydrogen) atoms. The van der Waals surface area contributed by atoms with Gasteiger partial charge < -0.3 is 22.1 Å². The molecule has 2 atom stereocenters. The topological polar surface area (TPSA) is 124 Å². The number of aryl methyl sites for hydroxylation is 1. The van der Waals surface area contributed by atoms with E-state index in [4.69, 9.17) is 11.5 Å². The first-order valence-electron chi connectivity index (χ1n) is 10.1. The van der Waals surface area contributed by atoms with Gasteiger partial charge in [0.05, 0.1) is 23.0 Å². The number of hydrogen-bond donors (Lipinski definition) is 4. The summed E-state index contributed by atoms with van der Waals surface area (Å²) in [7, 11) is 0. The number of amides is 1. The zero-order valence-corrected chi connectivity index (χ0v) is 17.4. The molecule has 0 saturated carbocycles. The highest BCUT2D eigenvalue weighted by Gasteiger charge is 2.20. The summed E-state index contributed by atoms with van der Waals surface area (Å²) in [4.78, 5) is 16.3. The number of rotatable bonds is 9. The second-order valence-electron chi connectivity index (χ2n) is 7.30. The summed E-state index contributed by atoms with van der Waals surface area (Å²) in [5.74, 6) is -1.24. The average Bonchev–Trinajstić information content (AvgIpc) is 3.13. The Bertz CT molecular complexity index is 1050. The van der Waals surface area contributed by atoms with Crippen molar-refractivity contribution in [1.29, 1.82) is 0 Å². The fraction of sp³-hybridized carbons (Fsp3) is 0.381. The first kappa shape index (κ1) is 21.5. The molecule has 3 rings (SSSR count). The number of carbonyl (C=O) groups excluding carboxylic acids is 1. The van der Waals surface area contributed by atoms with Crippen LogP contribution in [-0.2, 0) is 6.54 Å². The van der Waals surface area contributed by atoms with Crippen LogP contribution >= 0.6 is 0 Å². The average molecular weight is 414 g/mol. The van der Waals surface area contributed by atoms with Crippen LogP contribution in [0, 0.1) is 5.82 Å². The predicted molar refractivity (Wildman–Crippen MR) is 117 cm³/mol. The number of fused-ring (bicyclic) bond motifs is 1. The summed E-state index contributed by atoms with van der Waals surface area (Å²) in [6, 6.07) is 6.41. The summed E-state index contributed by atoms with van der Waals surface area (Å²) < 4.78 is 16.5. The van der Waals surface area contributed by atoms with Gasteiger partial charge in [-0.15, -0.1) is 0 Å². The fourth-order valence-corrected chi connectivity index (χ4v) is 3.42. The molecule has 6 N–H and O–H groups in total. The second kappa shape index (κ2) is 9.08. The first-order valence-corrected chi connectivity index (χ1v) is 10.1. The number of carbonyl (C=O) groups is 1. The summed E-state index contributed by atoms with van der Waals surface area (Å²) in [5, 5.41) is 11.4. The smallest absolute Gasteiger partial charge is 0.252 e. The van der Waals surface area contributed by atoms with Crippen molar-refractivity contribution in [2.45, 2.75) is 52.2 Å². The van der Waals surface area contributed by atoms with Crippen LogP contribution in [-0.4, -0.2) is 32.8 Å². The Morgan fingerprint density at radius 3 is 2.70 bits per heavy atom. The third kappa shape index (κ3) is 4.35. The molecule has 160 valence electrons. The molecule has 2 heterocycles. The lowest BCUT2D eigenvalue weighted by atomic mass is 10.1. The minimum absolute atomic E-state index is 0.0229. The van der Waals surface area contributed by atoms with Gasteiger partial charge in [-0.2, -0.15) is 5.10 Å². The summed E-state index contributed by atoms with van der Waals surface area (Å²) in [6.45, 7) is 6.61. The highest BCUT2D eigenvalue weighted by Crippen LogP contribution is 2.29. The van der Waals surface area contributed by atoms with Crippen molar-refractivity contribution in [1.82, 2.24) is 14.8 Å². The molecule has 0 aliphatic heterocycles. The molecule has 0 radical (unpaired) electrons. The van der Waals surface area contributed by atoms with Gasteiger partial charge in [-0.05, 0) is 38.5 Å². The largest absolute Gasteiger partial charge is 0.365 e. The maximum atomic E-state index is 14.7. The molecule has 9 heteroatoms. The number of benzene rings is 1. The molecule has 3 aromatic rings. The van der Waals surface area contributed by atoms with Crippen LogP contribution < -0.4 is 22.1 Å². The number of pyridine rings is 1. The van der Waals surface area contributed by atoms with Crippen molar-refractivity contribution in [2.75, 3.05) is 10.6 Å². The van der Waals surface area contributed by atoms with Gasteiger partial charge in [0.2, 0.25) is 0 Å². The van der Waals surface area contributed by atoms with Crippen LogP contribution in [0.3, 0.4) is 0 Å². The molecule has 8 nitrogen and oxygen atoms in total. The van der Waals surface area contributed by atoms with Crippen molar-refractivity contribution >= 4 is 34.1 Å². The molecule has 0 spiro atoms. The maximum Gasteiger partial charge on any atom is 0.252 e. The van der Waals surface area contributed by atoms with Gasteiger partial charge in [0.25, 0.3) is 5.91 Å². The van der Waals surface area contributed by atoms with Crippen LogP contribution in [0.15, 0.2) is 30.5 Å². The van der Waals surface area contributed by atoms with E-state index in [9.17, 15) is 9.18 Å². The SMILES string of the molecule is CCC[C@@H](Nc1nc(Nc2cccc3c2cnn3CC)c(C(N)=O)cc1F)[C@H](C)N. The van der Waals surface area contributed by atoms with E-state index in [0.717, 1.165) is 36.4 Å². The molecule has 1 amide bonds. The van der Waals surface area contributed by atoms with Crippen LogP contribution in [0.2, 0.25) is 0 Å². The molecule has 0 fully saturated rings. The zero-order chi connectivity index (χ0) is 21.8. The number of anilines is 3. The number of nitrogens with zero attached hydrogens (tertiary/aromatic N) is 3. The highest BCUT2D eigenvalue weighted by atomic mass is 19.1. The lowest BCUT2D eigenvalue weighted by Crippen LogP contribution is -2.38. The van der Waals surface area contributed by atoms with Gasteiger partial charge in [-0.25, -0.2) is 9.37 Å². The van der Waals surface area contributed by atoms with E-state index in [2.05, 4.69) is 20.7 Å². The van der Waals surface area contributed by atoms with Gasteiger partial charge in [0.15, 0.2) is 11.6 Å². The molecular weight excluding hydrogens is 385 g/mol. The standard InChI is InChI=1S/C21H28FN7O/c1-4-7-16(12(3)23)26-21-15(22)10-13(19(24)30)20(28-21)27-17-8-6-9-18-14(17)11-25-29(18)5-2/h6,8-12,16H,4-5,7,23H2,1-3H3,(H2,24,30)(H2,26,27,28)/t12-,16+/m0/s1. The lowest BCUT2D eigenvalue weighted by Gasteiger charge is -2.23. The normalized spacial score (nSPS) is 13.2. The minimum atomic E-state index is -0.774. The third-order valence-corrected chi connectivity index (χ3v) is 5.04. The van der Waals surface area contributed by atoms with E-state index in [1.807, 2.05) is 43.7 Å². The van der Waals surface area contributed by atoms with Crippen LogP contribution in [0.4, 0.5) is 21.7 Å². The Balaban J connectivity index is 2.03. The fourth-order valence-electron chi connectivity index (χ4n) is 3.42. The molecule has 0 bridgehead atoms. The molecular formula is C21H28FN7O. The van der Waals surface area contributed by atoms with Gasteiger partial charge >= 0.3 is 0 Å². The van der Waals surface area contributed by atoms with Crippen molar-refractivity contribution in [3.8, 4) is 0 Å². The Kier molecular flexibility index (Phi) is 6.51. The van der Waals surface area contributed by atoms with E-state index >= 15 is 0 Å². The predicted octanol–water partition coefficient (Wildman–Crippen LogP) is 3.36. The van der Waals surface area contributed by atoms with Crippen LogP contribution in [0.1, 0.15) is 44.0 Å². The molecule has 0 aliphatic rings. The van der Waals surface area contributed by atoms with E-state index in [1.54, 1.807) is 6.20 Å². The Hall–Kier alpha value is -3.20. The third-order valence-electron chi connectivity index (χ3n) is 5.04. The van der Waals surface area contributed by atoms with Crippen LogP contribution in [0.25, 0.3) is 10.9 Å². The van der Waals surface area contributed by atoms with Gasteiger partial charge in [0, 0.05) is 24.0 Å².